The Morgan fingerprint density at radius 2 is 1.81 bits per heavy atom. The fourth-order valence-corrected chi connectivity index (χ4v) is 6.25. The molecule has 2 heterocycles. The smallest absolute Gasteiger partial charge is 0.319 e. The van der Waals surface area contributed by atoms with Gasteiger partial charge in [-0.1, -0.05) is 48.0 Å². The third kappa shape index (κ3) is 3.98. The number of imide groups is 1. The maximum atomic E-state index is 13.3. The zero-order valence-electron chi connectivity index (χ0n) is 17.3. The maximum Gasteiger partial charge on any atom is 0.325 e. The van der Waals surface area contributed by atoms with Crippen LogP contribution in [0.15, 0.2) is 54.6 Å². The standard InChI is InChI=1S/C22H22ClN3O5S/c1-22(17-9-5-6-10-18(17)23)20(28)25(21(29)24-22)13-19(27)26(15-7-3-2-4-8-15)16-11-12-32(30,31)14-16/h2-10,16H,11-14H2,1H3,(H,24,29)/t16-,22-/m0/s1. The molecule has 2 atom stereocenters. The van der Waals surface area contributed by atoms with Gasteiger partial charge in [-0.25, -0.2) is 13.2 Å². The Morgan fingerprint density at radius 1 is 1.16 bits per heavy atom. The van der Waals surface area contributed by atoms with Crippen LogP contribution in [0.1, 0.15) is 18.9 Å². The van der Waals surface area contributed by atoms with Gasteiger partial charge in [0.05, 0.1) is 17.5 Å². The van der Waals surface area contributed by atoms with E-state index < -0.39 is 45.8 Å². The summed E-state index contributed by atoms with van der Waals surface area (Å²) in [5, 5.41) is 2.96. The third-order valence-corrected chi connectivity index (χ3v) is 7.94. The van der Waals surface area contributed by atoms with Crippen LogP contribution < -0.4 is 10.2 Å². The fourth-order valence-electron chi connectivity index (χ4n) is 4.23. The fraction of sp³-hybridized carbons (Fsp3) is 0.318. The number of nitrogens with one attached hydrogen (secondary N) is 1. The van der Waals surface area contributed by atoms with Crippen LogP contribution in [0.4, 0.5) is 10.5 Å². The van der Waals surface area contributed by atoms with E-state index in [0.717, 1.165) is 4.90 Å². The highest BCUT2D eigenvalue weighted by Crippen LogP contribution is 2.34. The Balaban J connectivity index is 1.62. The molecule has 0 saturated carbocycles. The van der Waals surface area contributed by atoms with Crippen LogP contribution in [0.5, 0.6) is 0 Å². The summed E-state index contributed by atoms with van der Waals surface area (Å²) in [5.74, 6) is -1.31. The van der Waals surface area contributed by atoms with E-state index in [-0.39, 0.29) is 11.5 Å². The average Bonchev–Trinajstić information content (AvgIpc) is 3.21. The molecule has 2 aliphatic heterocycles. The molecule has 0 aromatic heterocycles. The van der Waals surface area contributed by atoms with Crippen molar-refractivity contribution in [1.82, 2.24) is 10.2 Å². The summed E-state index contributed by atoms with van der Waals surface area (Å²) in [7, 11) is -3.26. The maximum absolute atomic E-state index is 13.3. The quantitative estimate of drug-likeness (QED) is 0.668. The molecule has 1 N–H and O–H groups in total. The van der Waals surface area contributed by atoms with Crippen molar-refractivity contribution < 1.29 is 22.8 Å². The molecule has 2 fully saturated rings. The van der Waals surface area contributed by atoms with Crippen molar-refractivity contribution in [3.05, 3.63) is 65.2 Å². The SMILES string of the molecule is C[C@@]1(c2ccccc2Cl)NC(=O)N(CC(=O)N(c2ccccc2)[C@H]2CCS(=O)(=O)C2)C1=O. The van der Waals surface area contributed by atoms with Crippen LogP contribution in [-0.2, 0) is 25.0 Å². The predicted molar refractivity (Wildman–Crippen MR) is 120 cm³/mol. The zero-order valence-corrected chi connectivity index (χ0v) is 18.9. The van der Waals surface area contributed by atoms with E-state index in [4.69, 9.17) is 11.6 Å². The Bertz CT molecular complexity index is 1190. The molecule has 2 aromatic carbocycles. The number of para-hydroxylation sites is 1. The van der Waals surface area contributed by atoms with Gasteiger partial charge in [-0.3, -0.25) is 14.5 Å². The molecular formula is C22H22ClN3O5S. The summed E-state index contributed by atoms with van der Waals surface area (Å²) in [6.07, 6.45) is 0.292. The van der Waals surface area contributed by atoms with Crippen LogP contribution in [0.25, 0.3) is 0 Å². The Kier molecular flexibility index (Phi) is 5.72. The molecule has 4 rings (SSSR count). The monoisotopic (exact) mass is 475 g/mol. The number of hydrogen-bond acceptors (Lipinski definition) is 5. The van der Waals surface area contributed by atoms with Gasteiger partial charge in [-0.05, 0) is 31.5 Å². The second-order valence-electron chi connectivity index (χ2n) is 8.08. The van der Waals surface area contributed by atoms with Crippen molar-refractivity contribution >= 4 is 45.0 Å². The summed E-state index contributed by atoms with van der Waals surface area (Å²) in [6.45, 7) is 1.02. The lowest BCUT2D eigenvalue weighted by atomic mass is 9.92. The molecule has 0 unspecified atom stereocenters. The van der Waals surface area contributed by atoms with Gasteiger partial charge < -0.3 is 10.2 Å². The van der Waals surface area contributed by atoms with Gasteiger partial charge in [0.25, 0.3) is 5.91 Å². The third-order valence-electron chi connectivity index (χ3n) is 5.86. The van der Waals surface area contributed by atoms with Crippen LogP contribution in [-0.4, -0.2) is 55.3 Å². The van der Waals surface area contributed by atoms with E-state index in [1.165, 1.54) is 11.8 Å². The van der Waals surface area contributed by atoms with Crippen molar-refractivity contribution in [3.8, 4) is 0 Å². The first kappa shape index (κ1) is 22.3. The van der Waals surface area contributed by atoms with E-state index in [0.29, 0.717) is 22.7 Å². The molecule has 10 heteroatoms. The van der Waals surface area contributed by atoms with E-state index in [1.807, 2.05) is 0 Å². The molecule has 0 aliphatic carbocycles. The Morgan fingerprint density at radius 3 is 2.44 bits per heavy atom. The summed E-state index contributed by atoms with van der Waals surface area (Å²) in [5.41, 5.74) is -0.471. The minimum atomic E-state index is -3.26. The van der Waals surface area contributed by atoms with Crippen LogP contribution in [0.2, 0.25) is 5.02 Å². The summed E-state index contributed by atoms with van der Waals surface area (Å²) < 4.78 is 24.1. The van der Waals surface area contributed by atoms with Crippen molar-refractivity contribution in [2.24, 2.45) is 0 Å². The lowest BCUT2D eigenvalue weighted by Crippen LogP contribution is -2.48. The lowest BCUT2D eigenvalue weighted by Gasteiger charge is -2.30. The number of rotatable bonds is 5. The number of carbonyl (C=O) groups is 3. The number of halogens is 1. The first-order valence-electron chi connectivity index (χ1n) is 10.1. The molecule has 32 heavy (non-hydrogen) atoms. The molecule has 4 amide bonds. The molecule has 2 aromatic rings. The van der Waals surface area contributed by atoms with Gasteiger partial charge in [-0.2, -0.15) is 0 Å². The number of urea groups is 1. The van der Waals surface area contributed by atoms with E-state index >= 15 is 0 Å². The van der Waals surface area contributed by atoms with E-state index in [9.17, 15) is 22.8 Å². The number of anilines is 1. The predicted octanol–water partition coefficient (Wildman–Crippen LogP) is 2.33. The number of amides is 4. The summed E-state index contributed by atoms with van der Waals surface area (Å²) >= 11 is 6.25. The van der Waals surface area contributed by atoms with Gasteiger partial charge in [0, 0.05) is 16.3 Å². The molecular weight excluding hydrogens is 454 g/mol. The van der Waals surface area contributed by atoms with Gasteiger partial charge in [0.15, 0.2) is 9.84 Å². The number of sulfone groups is 1. The summed E-state index contributed by atoms with van der Waals surface area (Å²) in [6, 6.07) is 14.1. The normalized spacial score (nSPS) is 24.4. The van der Waals surface area contributed by atoms with Gasteiger partial charge >= 0.3 is 6.03 Å². The first-order chi connectivity index (χ1) is 15.1. The second-order valence-corrected chi connectivity index (χ2v) is 10.7. The van der Waals surface area contributed by atoms with E-state index in [2.05, 4.69) is 5.32 Å². The average molecular weight is 476 g/mol. The summed E-state index contributed by atoms with van der Waals surface area (Å²) in [4.78, 5) is 41.5. The largest absolute Gasteiger partial charge is 0.325 e. The molecule has 2 aliphatic rings. The van der Waals surface area contributed by atoms with Crippen LogP contribution in [0, 0.1) is 0 Å². The van der Waals surface area contributed by atoms with Crippen molar-refractivity contribution in [2.75, 3.05) is 23.0 Å². The van der Waals surface area contributed by atoms with Crippen molar-refractivity contribution in [1.29, 1.82) is 0 Å². The topological polar surface area (TPSA) is 104 Å². The first-order valence-corrected chi connectivity index (χ1v) is 12.3. The number of carbonyl (C=O) groups excluding carboxylic acids is 3. The number of nitrogens with zero attached hydrogens (tertiary/aromatic N) is 2. The van der Waals surface area contributed by atoms with Gasteiger partial charge in [0.1, 0.15) is 12.1 Å². The van der Waals surface area contributed by atoms with Crippen molar-refractivity contribution in [2.45, 2.75) is 24.9 Å². The molecule has 0 spiro atoms. The lowest BCUT2D eigenvalue weighted by molar-refractivity contribution is -0.134. The van der Waals surface area contributed by atoms with E-state index in [1.54, 1.807) is 54.6 Å². The minimum absolute atomic E-state index is 0.0119. The second kappa shape index (κ2) is 8.22. The molecule has 8 nitrogen and oxygen atoms in total. The van der Waals surface area contributed by atoms with Crippen LogP contribution >= 0.6 is 11.6 Å². The van der Waals surface area contributed by atoms with Crippen LogP contribution in [0.3, 0.4) is 0 Å². The highest BCUT2D eigenvalue weighted by molar-refractivity contribution is 7.91. The number of benzene rings is 2. The number of hydrogen-bond donors (Lipinski definition) is 1. The Labute approximate surface area is 191 Å². The highest BCUT2D eigenvalue weighted by Gasteiger charge is 2.51. The Hall–Kier alpha value is -2.91. The van der Waals surface area contributed by atoms with Gasteiger partial charge in [0.2, 0.25) is 5.91 Å². The zero-order chi connectivity index (χ0) is 23.1. The minimum Gasteiger partial charge on any atom is -0.319 e. The highest BCUT2D eigenvalue weighted by atomic mass is 35.5. The molecule has 2 saturated heterocycles. The van der Waals surface area contributed by atoms with Gasteiger partial charge in [-0.15, -0.1) is 0 Å². The molecule has 0 radical (unpaired) electrons. The van der Waals surface area contributed by atoms with Crippen molar-refractivity contribution in [3.63, 3.8) is 0 Å². The molecule has 0 bridgehead atoms. The molecule has 168 valence electrons.